The number of carbonyl (C=O) groups is 1. The van der Waals surface area contributed by atoms with E-state index in [0.717, 1.165) is 12.1 Å². The van der Waals surface area contributed by atoms with Crippen LogP contribution in [0.2, 0.25) is 10.0 Å². The molecule has 0 spiro atoms. The van der Waals surface area contributed by atoms with Crippen molar-refractivity contribution < 1.29 is 4.79 Å². The van der Waals surface area contributed by atoms with Gasteiger partial charge in [-0.05, 0) is 38.7 Å². The SMILES string of the molecule is Cc1cc(Cl)c(Cl)cc1C(=O)CCN(C)C. The molecule has 0 radical (unpaired) electrons. The minimum absolute atomic E-state index is 0.102. The van der Waals surface area contributed by atoms with Crippen molar-refractivity contribution in [3.05, 3.63) is 33.3 Å². The number of nitrogens with zero attached hydrogens (tertiary/aromatic N) is 1. The van der Waals surface area contributed by atoms with Crippen LogP contribution in [0.5, 0.6) is 0 Å². The highest BCUT2D eigenvalue weighted by Gasteiger charge is 2.12. The van der Waals surface area contributed by atoms with E-state index in [0.29, 0.717) is 22.0 Å². The lowest BCUT2D eigenvalue weighted by molar-refractivity contribution is 0.0972. The molecule has 16 heavy (non-hydrogen) atoms. The summed E-state index contributed by atoms with van der Waals surface area (Å²) in [5, 5.41) is 0.920. The van der Waals surface area contributed by atoms with Crippen LogP contribution in [0.25, 0.3) is 0 Å². The number of aryl methyl sites for hydroxylation is 1. The predicted molar refractivity (Wildman–Crippen MR) is 68.7 cm³/mol. The number of hydrogen-bond donors (Lipinski definition) is 0. The zero-order valence-corrected chi connectivity index (χ0v) is 11.2. The van der Waals surface area contributed by atoms with E-state index in [1.54, 1.807) is 12.1 Å². The van der Waals surface area contributed by atoms with Gasteiger partial charge in [0.15, 0.2) is 5.78 Å². The van der Waals surface area contributed by atoms with Crippen LogP contribution in [0, 0.1) is 6.92 Å². The maximum Gasteiger partial charge on any atom is 0.164 e. The Balaban J connectivity index is 2.87. The van der Waals surface area contributed by atoms with Crippen molar-refractivity contribution >= 4 is 29.0 Å². The lowest BCUT2D eigenvalue weighted by Gasteiger charge is -2.10. The molecule has 0 aliphatic rings. The van der Waals surface area contributed by atoms with Gasteiger partial charge in [0.05, 0.1) is 10.0 Å². The molecule has 0 aromatic heterocycles. The number of carbonyl (C=O) groups excluding carboxylic acids is 1. The molecule has 0 saturated carbocycles. The number of Topliss-reactive ketones (excluding diaryl/α,β-unsaturated/α-hetero) is 1. The molecule has 1 aromatic carbocycles. The molecule has 0 unspecified atom stereocenters. The van der Waals surface area contributed by atoms with Gasteiger partial charge in [-0.1, -0.05) is 23.2 Å². The van der Waals surface area contributed by atoms with E-state index < -0.39 is 0 Å². The molecule has 88 valence electrons. The van der Waals surface area contributed by atoms with Crippen molar-refractivity contribution in [3.8, 4) is 0 Å². The molecule has 4 heteroatoms. The van der Waals surface area contributed by atoms with Crippen molar-refractivity contribution in [1.29, 1.82) is 0 Å². The first kappa shape index (κ1) is 13.5. The van der Waals surface area contributed by atoms with Gasteiger partial charge in [-0.15, -0.1) is 0 Å². The molecule has 0 aliphatic heterocycles. The van der Waals surface area contributed by atoms with E-state index in [9.17, 15) is 4.79 Å². The Kier molecular flexibility index (Phi) is 4.78. The minimum atomic E-state index is 0.102. The van der Waals surface area contributed by atoms with Crippen LogP contribution in [0.4, 0.5) is 0 Å². The summed E-state index contributed by atoms with van der Waals surface area (Å²) in [6.45, 7) is 2.60. The average molecular weight is 260 g/mol. The summed E-state index contributed by atoms with van der Waals surface area (Å²) >= 11 is 11.8. The fraction of sp³-hybridized carbons (Fsp3) is 0.417. The number of rotatable bonds is 4. The van der Waals surface area contributed by atoms with E-state index in [2.05, 4.69) is 0 Å². The van der Waals surface area contributed by atoms with Crippen LogP contribution < -0.4 is 0 Å². The van der Waals surface area contributed by atoms with E-state index >= 15 is 0 Å². The molecule has 2 nitrogen and oxygen atoms in total. The first-order chi connectivity index (χ1) is 7.41. The third kappa shape index (κ3) is 3.48. The highest BCUT2D eigenvalue weighted by molar-refractivity contribution is 6.42. The Morgan fingerprint density at radius 3 is 2.38 bits per heavy atom. The molecular formula is C12H15Cl2NO. The molecule has 0 bridgehead atoms. The molecule has 1 rings (SSSR count). The van der Waals surface area contributed by atoms with Crippen LogP contribution in [0.3, 0.4) is 0 Å². The van der Waals surface area contributed by atoms with Crippen LogP contribution in [0.15, 0.2) is 12.1 Å². The molecule has 0 saturated heterocycles. The van der Waals surface area contributed by atoms with Crippen LogP contribution >= 0.6 is 23.2 Å². The lowest BCUT2D eigenvalue weighted by Crippen LogP contribution is -2.17. The van der Waals surface area contributed by atoms with Crippen molar-refractivity contribution in [1.82, 2.24) is 4.90 Å². The van der Waals surface area contributed by atoms with Crippen LogP contribution in [-0.4, -0.2) is 31.3 Å². The molecule has 1 aromatic rings. The van der Waals surface area contributed by atoms with Crippen molar-refractivity contribution in [2.45, 2.75) is 13.3 Å². The lowest BCUT2D eigenvalue weighted by atomic mass is 10.0. The fourth-order valence-electron chi connectivity index (χ4n) is 1.41. The maximum atomic E-state index is 11.9. The molecule has 0 heterocycles. The fourth-order valence-corrected chi connectivity index (χ4v) is 1.79. The summed E-state index contributed by atoms with van der Waals surface area (Å²) in [5.74, 6) is 0.102. The van der Waals surface area contributed by atoms with Crippen molar-refractivity contribution in [3.63, 3.8) is 0 Å². The van der Waals surface area contributed by atoms with E-state index in [1.807, 2.05) is 25.9 Å². The highest BCUT2D eigenvalue weighted by atomic mass is 35.5. The first-order valence-electron chi connectivity index (χ1n) is 5.05. The molecule has 0 N–H and O–H groups in total. The maximum absolute atomic E-state index is 11.9. The number of ketones is 1. The topological polar surface area (TPSA) is 20.3 Å². The van der Waals surface area contributed by atoms with Gasteiger partial charge in [0.1, 0.15) is 0 Å². The minimum Gasteiger partial charge on any atom is -0.309 e. The van der Waals surface area contributed by atoms with E-state index in [-0.39, 0.29) is 5.78 Å². The van der Waals surface area contributed by atoms with Gasteiger partial charge < -0.3 is 4.90 Å². The van der Waals surface area contributed by atoms with Crippen molar-refractivity contribution in [2.24, 2.45) is 0 Å². The second-order valence-corrected chi connectivity index (χ2v) is 4.87. The summed E-state index contributed by atoms with van der Waals surface area (Å²) in [6, 6.07) is 3.38. The molecule has 0 fully saturated rings. The van der Waals surface area contributed by atoms with Gasteiger partial charge in [-0.2, -0.15) is 0 Å². The van der Waals surface area contributed by atoms with Gasteiger partial charge >= 0.3 is 0 Å². The smallest absolute Gasteiger partial charge is 0.164 e. The van der Waals surface area contributed by atoms with E-state index in [1.165, 1.54) is 0 Å². The van der Waals surface area contributed by atoms with Gasteiger partial charge in [-0.25, -0.2) is 0 Å². The van der Waals surface area contributed by atoms with Gasteiger partial charge in [0.25, 0.3) is 0 Å². The Morgan fingerprint density at radius 2 is 1.81 bits per heavy atom. The summed E-state index contributed by atoms with van der Waals surface area (Å²) in [6.07, 6.45) is 0.492. The quantitative estimate of drug-likeness (QED) is 0.773. The zero-order chi connectivity index (χ0) is 12.3. The number of halogens is 2. The second kappa shape index (κ2) is 5.67. The van der Waals surface area contributed by atoms with Gasteiger partial charge in [-0.3, -0.25) is 4.79 Å². The number of benzene rings is 1. The van der Waals surface area contributed by atoms with Crippen molar-refractivity contribution in [2.75, 3.05) is 20.6 Å². The normalized spacial score (nSPS) is 10.9. The Labute approximate surface area is 106 Å². The summed E-state index contributed by atoms with van der Waals surface area (Å²) in [5.41, 5.74) is 1.54. The zero-order valence-electron chi connectivity index (χ0n) is 9.68. The largest absolute Gasteiger partial charge is 0.309 e. The summed E-state index contributed by atoms with van der Waals surface area (Å²) in [7, 11) is 3.88. The predicted octanol–water partition coefficient (Wildman–Crippen LogP) is 3.44. The van der Waals surface area contributed by atoms with Gasteiger partial charge in [0.2, 0.25) is 0 Å². The monoisotopic (exact) mass is 259 g/mol. The standard InChI is InChI=1S/C12H15Cl2NO/c1-8-6-10(13)11(14)7-9(8)12(16)4-5-15(2)3/h6-7H,4-5H2,1-3H3. The van der Waals surface area contributed by atoms with E-state index in [4.69, 9.17) is 23.2 Å². The van der Waals surface area contributed by atoms with Gasteiger partial charge in [0, 0.05) is 18.5 Å². The second-order valence-electron chi connectivity index (χ2n) is 4.06. The molecule has 0 aliphatic carbocycles. The third-order valence-corrected chi connectivity index (χ3v) is 3.08. The molecular weight excluding hydrogens is 245 g/mol. The summed E-state index contributed by atoms with van der Waals surface area (Å²) < 4.78 is 0. The Bertz CT molecular complexity index is 402. The highest BCUT2D eigenvalue weighted by Crippen LogP contribution is 2.26. The third-order valence-electron chi connectivity index (χ3n) is 2.35. The average Bonchev–Trinajstić information content (AvgIpc) is 2.20. The van der Waals surface area contributed by atoms with Crippen LogP contribution in [0.1, 0.15) is 22.3 Å². The first-order valence-corrected chi connectivity index (χ1v) is 5.81. The Morgan fingerprint density at radius 1 is 1.25 bits per heavy atom. The Hall–Kier alpha value is -0.570. The molecule has 0 amide bonds. The van der Waals surface area contributed by atoms with Crippen LogP contribution in [-0.2, 0) is 0 Å². The molecule has 0 atom stereocenters. The summed E-state index contributed by atoms with van der Waals surface area (Å²) in [4.78, 5) is 13.9. The number of hydrogen-bond acceptors (Lipinski definition) is 2.